The van der Waals surface area contributed by atoms with Gasteiger partial charge in [0.2, 0.25) is 0 Å². The van der Waals surface area contributed by atoms with Gasteiger partial charge in [0.15, 0.2) is 0 Å². The predicted octanol–water partition coefficient (Wildman–Crippen LogP) is 2.22. The molecule has 8 heteroatoms. The molecule has 2 aromatic rings. The first-order valence-corrected chi connectivity index (χ1v) is 10.3. The number of hydrogen-bond acceptors (Lipinski definition) is 6. The molecule has 0 saturated carbocycles. The number of aryl methyl sites for hydroxylation is 3. The number of rotatable bonds is 2. The zero-order chi connectivity index (χ0) is 19.8. The quantitative estimate of drug-likeness (QED) is 0.773. The molecule has 3 heterocycles. The van der Waals surface area contributed by atoms with Gasteiger partial charge in [0.25, 0.3) is 11.8 Å². The molecule has 1 aromatic carbocycles. The Hall–Kier alpha value is -2.32. The molecule has 0 bridgehead atoms. The van der Waals surface area contributed by atoms with Crippen LogP contribution in [0.1, 0.15) is 43.3 Å². The van der Waals surface area contributed by atoms with Crippen LogP contribution >= 0.6 is 11.5 Å². The van der Waals surface area contributed by atoms with E-state index < -0.39 is 0 Å². The van der Waals surface area contributed by atoms with Crippen molar-refractivity contribution < 1.29 is 14.3 Å². The van der Waals surface area contributed by atoms with Crippen molar-refractivity contribution in [2.24, 2.45) is 0 Å². The molecule has 1 aromatic heterocycles. The smallest absolute Gasteiger partial charge is 0.267 e. The van der Waals surface area contributed by atoms with E-state index in [1.807, 2.05) is 30.9 Å². The number of morpholine rings is 1. The molecule has 2 saturated heterocycles. The van der Waals surface area contributed by atoms with Gasteiger partial charge in [-0.25, -0.2) is 0 Å². The van der Waals surface area contributed by atoms with Crippen molar-refractivity contribution >= 4 is 23.3 Å². The van der Waals surface area contributed by atoms with E-state index >= 15 is 0 Å². The Morgan fingerprint density at radius 2 is 1.86 bits per heavy atom. The molecule has 148 valence electrons. The first-order valence-electron chi connectivity index (χ1n) is 9.53. The van der Waals surface area contributed by atoms with Crippen molar-refractivity contribution in [1.82, 2.24) is 19.4 Å². The second-order valence-electron chi connectivity index (χ2n) is 7.58. The zero-order valence-corrected chi connectivity index (χ0v) is 17.2. The molecule has 0 aliphatic carbocycles. The number of aromatic nitrogens is 2. The van der Waals surface area contributed by atoms with Crippen LogP contribution in [-0.4, -0.2) is 69.6 Å². The Balaban J connectivity index is 1.57. The van der Waals surface area contributed by atoms with E-state index in [1.54, 1.807) is 11.8 Å². The molecule has 2 fully saturated rings. The van der Waals surface area contributed by atoms with Crippen molar-refractivity contribution in [1.29, 1.82) is 0 Å². The van der Waals surface area contributed by atoms with Crippen LogP contribution in [0.5, 0.6) is 0 Å². The van der Waals surface area contributed by atoms with Crippen LogP contribution in [0, 0.1) is 20.8 Å². The molecule has 0 radical (unpaired) electrons. The summed E-state index contributed by atoms with van der Waals surface area (Å²) in [5, 5.41) is 3.95. The number of hydrogen-bond donors (Lipinski definition) is 0. The number of amides is 2. The number of carbonyl (C=O) groups excluding carboxylic acids is 2. The minimum Gasteiger partial charge on any atom is -0.374 e. The van der Waals surface area contributed by atoms with Gasteiger partial charge in [-0.1, -0.05) is 21.7 Å². The maximum atomic E-state index is 13.3. The highest BCUT2D eigenvalue weighted by atomic mass is 32.1. The molecule has 2 atom stereocenters. The van der Waals surface area contributed by atoms with Crippen LogP contribution in [0.3, 0.4) is 0 Å². The predicted molar refractivity (Wildman–Crippen MR) is 106 cm³/mol. The van der Waals surface area contributed by atoms with E-state index in [0.717, 1.165) is 29.1 Å². The van der Waals surface area contributed by atoms with Crippen LogP contribution < -0.4 is 0 Å². The summed E-state index contributed by atoms with van der Waals surface area (Å²) in [6.07, 6.45) is 0.687. The van der Waals surface area contributed by atoms with E-state index in [-0.39, 0.29) is 24.0 Å². The topological polar surface area (TPSA) is 75.6 Å². The molecule has 2 aliphatic rings. The summed E-state index contributed by atoms with van der Waals surface area (Å²) in [6, 6.07) is 5.78. The first-order chi connectivity index (χ1) is 13.4. The van der Waals surface area contributed by atoms with Gasteiger partial charge in [0.05, 0.1) is 24.4 Å². The minimum absolute atomic E-state index is 0.00929. The fraction of sp³-hybridized carbons (Fsp3) is 0.500. The highest BCUT2D eigenvalue weighted by Gasteiger charge is 2.41. The van der Waals surface area contributed by atoms with E-state index in [9.17, 15) is 9.59 Å². The summed E-state index contributed by atoms with van der Waals surface area (Å²) in [7, 11) is 0. The molecule has 4 rings (SSSR count). The second kappa shape index (κ2) is 7.60. The van der Waals surface area contributed by atoms with Crippen molar-refractivity contribution in [2.45, 2.75) is 39.3 Å². The number of ether oxygens (including phenoxy) is 1. The highest BCUT2D eigenvalue weighted by molar-refractivity contribution is 7.07. The Labute approximate surface area is 168 Å². The standard InChI is InChI=1S/C20H24N4O3S/c1-12-8-13(2)10-15(9-12)19(25)24-6-7-27-17-4-5-23(11-16(17)24)20(26)18-14(3)21-22-28-18/h8-10,16-17H,4-7,11H2,1-3H3/t16-,17-/m0/s1. The third kappa shape index (κ3) is 3.54. The molecule has 0 unspecified atom stereocenters. The van der Waals surface area contributed by atoms with Gasteiger partial charge < -0.3 is 14.5 Å². The first kappa shape index (κ1) is 19.0. The molecule has 0 N–H and O–H groups in total. The average Bonchev–Trinajstić information content (AvgIpc) is 3.11. The van der Waals surface area contributed by atoms with E-state index in [4.69, 9.17) is 4.74 Å². The molecule has 7 nitrogen and oxygen atoms in total. The molecule has 28 heavy (non-hydrogen) atoms. The normalized spacial score (nSPS) is 22.1. The number of fused-ring (bicyclic) bond motifs is 1. The summed E-state index contributed by atoms with van der Waals surface area (Å²) in [6.45, 7) is 7.94. The van der Waals surface area contributed by atoms with Crippen LogP contribution in [0.2, 0.25) is 0 Å². The lowest BCUT2D eigenvalue weighted by Crippen LogP contribution is -2.62. The van der Waals surface area contributed by atoms with Gasteiger partial charge >= 0.3 is 0 Å². The Morgan fingerprint density at radius 3 is 2.54 bits per heavy atom. The maximum Gasteiger partial charge on any atom is 0.267 e. The zero-order valence-electron chi connectivity index (χ0n) is 16.3. The van der Waals surface area contributed by atoms with Crippen molar-refractivity contribution in [3.63, 3.8) is 0 Å². The van der Waals surface area contributed by atoms with Crippen molar-refractivity contribution in [3.05, 3.63) is 45.5 Å². The summed E-state index contributed by atoms with van der Waals surface area (Å²) in [4.78, 5) is 30.4. The monoisotopic (exact) mass is 400 g/mol. The summed E-state index contributed by atoms with van der Waals surface area (Å²) in [5.41, 5.74) is 3.49. The number of benzene rings is 1. The number of carbonyl (C=O) groups is 2. The highest BCUT2D eigenvalue weighted by Crippen LogP contribution is 2.27. The fourth-order valence-electron chi connectivity index (χ4n) is 4.14. The van der Waals surface area contributed by atoms with Gasteiger partial charge in [-0.2, -0.15) is 0 Å². The largest absolute Gasteiger partial charge is 0.374 e. The fourth-order valence-corrected chi connectivity index (χ4v) is 4.77. The van der Waals surface area contributed by atoms with E-state index in [0.29, 0.717) is 42.4 Å². The van der Waals surface area contributed by atoms with E-state index in [1.165, 1.54) is 0 Å². The van der Waals surface area contributed by atoms with Crippen molar-refractivity contribution in [2.75, 3.05) is 26.2 Å². The lowest BCUT2D eigenvalue weighted by molar-refractivity contribution is -0.0854. The minimum atomic E-state index is -0.138. The molecular weight excluding hydrogens is 376 g/mol. The van der Waals surface area contributed by atoms with Crippen LogP contribution in [0.15, 0.2) is 18.2 Å². The number of piperidine rings is 1. The van der Waals surface area contributed by atoms with Crippen LogP contribution in [0.4, 0.5) is 0 Å². The lowest BCUT2D eigenvalue weighted by atomic mass is 9.97. The summed E-state index contributed by atoms with van der Waals surface area (Å²) in [5.74, 6) is -0.0506. The van der Waals surface area contributed by atoms with Gasteiger partial charge in [0.1, 0.15) is 4.88 Å². The second-order valence-corrected chi connectivity index (χ2v) is 8.33. The molecular formula is C20H24N4O3S. The Kier molecular flexibility index (Phi) is 5.16. The maximum absolute atomic E-state index is 13.3. The van der Waals surface area contributed by atoms with Crippen LogP contribution in [0.25, 0.3) is 0 Å². The van der Waals surface area contributed by atoms with E-state index in [2.05, 4.69) is 15.7 Å². The van der Waals surface area contributed by atoms with Gasteiger partial charge in [-0.15, -0.1) is 5.10 Å². The Bertz CT molecular complexity index is 892. The third-order valence-electron chi connectivity index (χ3n) is 5.45. The summed E-state index contributed by atoms with van der Waals surface area (Å²) >= 11 is 1.12. The van der Waals surface area contributed by atoms with Gasteiger partial charge in [0, 0.05) is 25.2 Å². The van der Waals surface area contributed by atoms with Gasteiger partial charge in [-0.05, 0) is 50.9 Å². The number of likely N-dealkylation sites (tertiary alicyclic amines) is 1. The SMILES string of the molecule is Cc1cc(C)cc(C(=O)N2CCO[C@H]3CCN(C(=O)c4snnc4C)C[C@@H]32)c1. The van der Waals surface area contributed by atoms with Gasteiger partial charge in [-0.3, -0.25) is 9.59 Å². The number of nitrogens with zero attached hydrogens (tertiary/aromatic N) is 4. The molecule has 2 aliphatic heterocycles. The van der Waals surface area contributed by atoms with Crippen LogP contribution in [-0.2, 0) is 4.74 Å². The average molecular weight is 401 g/mol. The molecule has 0 spiro atoms. The summed E-state index contributed by atoms with van der Waals surface area (Å²) < 4.78 is 9.81. The Morgan fingerprint density at radius 1 is 1.11 bits per heavy atom. The third-order valence-corrected chi connectivity index (χ3v) is 6.26. The van der Waals surface area contributed by atoms with Crippen molar-refractivity contribution in [3.8, 4) is 0 Å². The molecule has 2 amide bonds. The lowest BCUT2D eigenvalue weighted by Gasteiger charge is -2.47.